The van der Waals surface area contributed by atoms with Crippen LogP contribution in [0.3, 0.4) is 0 Å². The molecule has 2 fully saturated rings. The Morgan fingerprint density at radius 1 is 0.633 bits per heavy atom. The smallest absolute Gasteiger partial charge is 0.318 e. The van der Waals surface area contributed by atoms with Gasteiger partial charge in [0.15, 0.2) is 6.23 Å². The van der Waals surface area contributed by atoms with Crippen LogP contribution in [0.25, 0.3) is 21.5 Å². The number of imidazole rings is 2. The van der Waals surface area contributed by atoms with E-state index in [4.69, 9.17) is 57.3 Å². The first-order valence-electron chi connectivity index (χ1n) is 28.0. The monoisotopic (exact) mass is 1100 g/mol. The summed E-state index contributed by atoms with van der Waals surface area (Å²) in [4.78, 5) is 44.4. The van der Waals surface area contributed by atoms with E-state index in [0.29, 0.717) is 64.0 Å². The van der Waals surface area contributed by atoms with Gasteiger partial charge < -0.3 is 47.8 Å². The first-order valence-corrected chi connectivity index (χ1v) is 28.8. The zero-order chi connectivity index (χ0) is 53.5. The lowest BCUT2D eigenvalue weighted by Gasteiger charge is -2.38. The summed E-state index contributed by atoms with van der Waals surface area (Å²) in [7, 11) is 6.14. The fourth-order valence-corrected chi connectivity index (χ4v) is 14.1. The summed E-state index contributed by atoms with van der Waals surface area (Å²) in [5, 5.41) is 5.86. The van der Waals surface area contributed by atoms with E-state index in [-0.39, 0.29) is 24.2 Å². The molecule has 0 spiro atoms. The molecule has 408 valence electrons. The molecule has 5 atom stereocenters. The lowest BCUT2D eigenvalue weighted by Crippen LogP contribution is -2.43. The largest absolute Gasteiger partial charge is 0.462 e. The number of benzene rings is 4. The van der Waals surface area contributed by atoms with Gasteiger partial charge in [-0.2, -0.15) is 19.9 Å². The Morgan fingerprint density at radius 2 is 1.30 bits per heavy atom. The van der Waals surface area contributed by atoms with Crippen LogP contribution in [0.1, 0.15) is 77.8 Å². The van der Waals surface area contributed by atoms with Gasteiger partial charge in [0.2, 0.25) is 0 Å². The van der Waals surface area contributed by atoms with Gasteiger partial charge in [-0.25, -0.2) is 9.97 Å². The molecule has 0 N–H and O–H groups in total. The molecule has 17 nitrogen and oxygen atoms in total. The molecule has 6 aliphatic rings. The van der Waals surface area contributed by atoms with E-state index < -0.39 is 0 Å². The molecule has 79 heavy (non-hydrogen) atoms. The molecular weight excluding hydrogens is 1040 g/mol. The summed E-state index contributed by atoms with van der Waals surface area (Å²) in [6.07, 6.45) is 12.2. The number of hydrogen-bond acceptors (Lipinski definition) is 15. The summed E-state index contributed by atoms with van der Waals surface area (Å²) in [6.45, 7) is 10.9. The molecule has 6 aliphatic heterocycles. The average Bonchev–Trinajstić information content (AvgIpc) is 4.42. The van der Waals surface area contributed by atoms with Crippen molar-refractivity contribution in [3.05, 3.63) is 141 Å². The number of rotatable bonds is 12. The third kappa shape index (κ3) is 9.34. The number of fused-ring (bicyclic) bond motifs is 6. The molecule has 2 saturated heterocycles. The van der Waals surface area contributed by atoms with Crippen molar-refractivity contribution >= 4 is 67.8 Å². The van der Waals surface area contributed by atoms with Crippen LogP contribution in [0.4, 0.5) is 23.0 Å². The molecule has 4 aromatic heterocycles. The fraction of sp³-hybridized carbons (Fsp3) is 0.433. The van der Waals surface area contributed by atoms with Gasteiger partial charge in [-0.3, -0.25) is 4.90 Å². The van der Waals surface area contributed by atoms with Gasteiger partial charge in [0.05, 0.1) is 84.4 Å². The second-order valence-corrected chi connectivity index (χ2v) is 23.5. The summed E-state index contributed by atoms with van der Waals surface area (Å²) >= 11 is 14.1. The normalized spacial score (nSPS) is 22.4. The highest BCUT2D eigenvalue weighted by Gasteiger charge is 2.37. The van der Waals surface area contributed by atoms with Crippen LogP contribution in [0.2, 0.25) is 10.0 Å². The quantitative estimate of drug-likeness (QED) is 0.115. The Bertz CT molecular complexity index is 3600. The van der Waals surface area contributed by atoms with Crippen LogP contribution < -0.4 is 29.1 Å². The molecule has 0 radical (unpaired) electrons. The van der Waals surface area contributed by atoms with Gasteiger partial charge >= 0.3 is 12.0 Å². The third-order valence-electron chi connectivity index (χ3n) is 17.9. The second kappa shape index (κ2) is 20.7. The van der Waals surface area contributed by atoms with Crippen molar-refractivity contribution in [3.63, 3.8) is 0 Å². The minimum Gasteiger partial charge on any atom is -0.462 e. The maximum absolute atomic E-state index is 7.21. The summed E-state index contributed by atoms with van der Waals surface area (Å²) < 4.78 is 23.7. The fourth-order valence-electron chi connectivity index (χ4n) is 13.5. The zero-order valence-corrected chi connectivity index (χ0v) is 46.8. The number of methoxy groups -OCH3 is 1. The summed E-state index contributed by atoms with van der Waals surface area (Å²) in [6, 6.07) is 25.1. The predicted molar refractivity (Wildman–Crippen MR) is 309 cm³/mol. The summed E-state index contributed by atoms with van der Waals surface area (Å²) in [5.74, 6) is 2.12. The molecule has 3 unspecified atom stereocenters. The molecule has 10 heterocycles. The standard InChI is InChI=1S/C60H66Cl2N14O3/c1-37-26-74-35-63-24-44(74)29-75(37)58-47-17-19-71(52-15-7-10-38-9-5-13-48(61)55(38)52)30-51(47)66-60(68-58)79-34-43-22-41(27-70(43)3)40-21-39-11-6-14-49(62)56(39)53(23-40)72-20-16-46-50(31-72)65-59(78-33-42-12-8-18-69(42)2)67-57(46)73-28-45-25-64-36-76(45)54(32-73)77-4/h5-7,9-11,13-15,21,23-25,35-37,41-43,54H,8,12,16-20,22,26-34H2,1-4H3/t37?,41?,42-,43-,54?/m0/s1. The number of nitrogens with zero attached hydrogens (tertiary/aromatic N) is 14. The SMILES string of the molecule is COC1CN(c2nc(OC[C@@H]3CCCN3C)nc3c2CCN(c2cc(C4C[C@@H](COc5nc6c(c(N7Cc8cncn8CC7C)n5)CCN(c5cccc7cccc(Cl)c57)C6)N(C)C4)cc4cccc(Cl)c24)C3)Cc2cncn21. The van der Waals surface area contributed by atoms with Gasteiger partial charge in [0.25, 0.3) is 0 Å². The first kappa shape index (κ1) is 50.5. The Balaban J connectivity index is 0.744. The number of anilines is 4. The number of hydrogen-bond donors (Lipinski definition) is 0. The van der Waals surface area contributed by atoms with Crippen molar-refractivity contribution in [1.29, 1.82) is 0 Å². The van der Waals surface area contributed by atoms with Crippen molar-refractivity contribution in [1.82, 2.24) is 48.8 Å². The number of ether oxygens (including phenoxy) is 3. The predicted octanol–water partition coefficient (Wildman–Crippen LogP) is 9.31. The van der Waals surface area contributed by atoms with Crippen molar-refractivity contribution in [2.24, 2.45) is 0 Å². The Labute approximate surface area is 470 Å². The van der Waals surface area contributed by atoms with E-state index in [1.165, 1.54) is 23.2 Å². The van der Waals surface area contributed by atoms with Crippen molar-refractivity contribution in [2.45, 2.75) is 102 Å². The number of likely N-dealkylation sites (tertiary alicyclic amines) is 2. The van der Waals surface area contributed by atoms with E-state index in [2.05, 4.69) is 118 Å². The first-order chi connectivity index (χ1) is 38.6. The molecule has 0 amide bonds. The molecule has 0 aliphatic carbocycles. The maximum atomic E-state index is 7.21. The van der Waals surface area contributed by atoms with E-state index in [1.807, 2.05) is 43.2 Å². The van der Waals surface area contributed by atoms with E-state index in [0.717, 1.165) is 136 Å². The van der Waals surface area contributed by atoms with Crippen LogP contribution in [-0.2, 0) is 50.3 Å². The van der Waals surface area contributed by atoms with Crippen LogP contribution >= 0.6 is 23.2 Å². The Kier molecular flexibility index (Phi) is 13.2. The molecule has 4 aromatic carbocycles. The highest BCUT2D eigenvalue weighted by molar-refractivity contribution is 6.37. The minimum atomic E-state index is -0.189. The van der Waals surface area contributed by atoms with E-state index >= 15 is 0 Å². The number of halogens is 2. The van der Waals surface area contributed by atoms with Gasteiger partial charge in [0, 0.05) is 90.9 Å². The molecule has 8 aromatic rings. The molecule has 14 rings (SSSR count). The van der Waals surface area contributed by atoms with Crippen LogP contribution in [-0.4, -0.2) is 134 Å². The zero-order valence-electron chi connectivity index (χ0n) is 45.3. The van der Waals surface area contributed by atoms with Crippen LogP contribution in [0, 0.1) is 0 Å². The second-order valence-electron chi connectivity index (χ2n) is 22.6. The molecule has 19 heteroatoms. The lowest BCUT2D eigenvalue weighted by atomic mass is 9.92. The van der Waals surface area contributed by atoms with Gasteiger partial charge in [-0.05, 0) is 106 Å². The van der Waals surface area contributed by atoms with Crippen LogP contribution in [0.15, 0.2) is 91.8 Å². The highest BCUT2D eigenvalue weighted by atomic mass is 35.5. The average molecular weight is 1100 g/mol. The van der Waals surface area contributed by atoms with Gasteiger partial charge in [-0.15, -0.1) is 0 Å². The Morgan fingerprint density at radius 3 is 2.05 bits per heavy atom. The lowest BCUT2D eigenvalue weighted by molar-refractivity contribution is 0.0401. The summed E-state index contributed by atoms with van der Waals surface area (Å²) in [5.41, 5.74) is 10.1. The topological polar surface area (TPSA) is 134 Å². The Hall–Kier alpha value is -6.76. The van der Waals surface area contributed by atoms with E-state index in [9.17, 15) is 0 Å². The van der Waals surface area contributed by atoms with Gasteiger partial charge in [0.1, 0.15) is 24.8 Å². The van der Waals surface area contributed by atoms with Crippen molar-refractivity contribution < 1.29 is 14.2 Å². The van der Waals surface area contributed by atoms with Crippen LogP contribution in [0.5, 0.6) is 12.0 Å². The minimum absolute atomic E-state index is 0.134. The van der Waals surface area contributed by atoms with Crippen molar-refractivity contribution in [3.8, 4) is 12.0 Å². The highest BCUT2D eigenvalue weighted by Crippen LogP contribution is 2.43. The molecule has 0 saturated carbocycles. The molecular formula is C60H66Cl2N14O3. The van der Waals surface area contributed by atoms with Crippen molar-refractivity contribution in [2.75, 3.05) is 86.7 Å². The number of aromatic nitrogens is 8. The number of likely N-dealkylation sites (N-methyl/N-ethyl adjacent to an activating group) is 2. The molecule has 0 bridgehead atoms. The maximum Gasteiger partial charge on any atom is 0.318 e. The van der Waals surface area contributed by atoms with E-state index in [1.54, 1.807) is 7.11 Å². The van der Waals surface area contributed by atoms with Gasteiger partial charge in [-0.1, -0.05) is 65.7 Å². The third-order valence-corrected chi connectivity index (χ3v) is 18.5.